The number of hydrogen-bond donors (Lipinski definition) is 2. The minimum Gasteiger partial charge on any atom is -0.382 e. The summed E-state index contributed by atoms with van der Waals surface area (Å²) >= 11 is 0. The Labute approximate surface area is 80.5 Å². The molecule has 70 valence electrons. The third-order valence-electron chi connectivity index (χ3n) is 1.90. The van der Waals surface area contributed by atoms with Gasteiger partial charge in [-0.15, -0.1) is 0 Å². The number of amidine groups is 1. The van der Waals surface area contributed by atoms with Crippen LogP contribution in [0.15, 0.2) is 35.7 Å². The summed E-state index contributed by atoms with van der Waals surface area (Å²) in [5.41, 5.74) is 7.91. The molecule has 14 heavy (non-hydrogen) atoms. The van der Waals surface area contributed by atoms with Gasteiger partial charge in [-0.25, -0.2) is 0 Å². The van der Waals surface area contributed by atoms with Gasteiger partial charge in [0, 0.05) is 18.0 Å². The van der Waals surface area contributed by atoms with Crippen molar-refractivity contribution in [2.75, 3.05) is 0 Å². The Hall–Kier alpha value is -2.17. The van der Waals surface area contributed by atoms with Crippen LogP contribution in [0.2, 0.25) is 0 Å². The molecule has 0 bridgehead atoms. The van der Waals surface area contributed by atoms with E-state index >= 15 is 0 Å². The largest absolute Gasteiger partial charge is 0.382 e. The van der Waals surface area contributed by atoms with Crippen molar-refractivity contribution in [1.29, 1.82) is 0 Å². The van der Waals surface area contributed by atoms with E-state index in [-0.39, 0.29) is 5.84 Å². The van der Waals surface area contributed by atoms with E-state index in [2.05, 4.69) is 15.1 Å². The minimum atomic E-state index is 0.289. The Morgan fingerprint density at radius 2 is 1.86 bits per heavy atom. The van der Waals surface area contributed by atoms with Crippen LogP contribution in [-0.4, -0.2) is 15.8 Å². The highest BCUT2D eigenvalue weighted by atomic mass is 15.2. The van der Waals surface area contributed by atoms with Crippen LogP contribution in [-0.2, 0) is 0 Å². The van der Waals surface area contributed by atoms with Gasteiger partial charge in [0.15, 0.2) is 0 Å². The minimum absolute atomic E-state index is 0.289. The number of hydrogen-bond acceptors (Lipinski definition) is 4. The van der Waals surface area contributed by atoms with E-state index in [4.69, 9.17) is 11.6 Å². The van der Waals surface area contributed by atoms with Crippen LogP contribution >= 0.6 is 0 Å². The summed E-state index contributed by atoms with van der Waals surface area (Å²) in [5.74, 6) is 5.36. The van der Waals surface area contributed by atoms with Crippen molar-refractivity contribution < 1.29 is 0 Å². The topological polar surface area (TPSA) is 90.2 Å². The molecule has 0 radical (unpaired) electrons. The maximum atomic E-state index is 5.56. The van der Waals surface area contributed by atoms with Crippen LogP contribution in [0.25, 0.3) is 11.0 Å². The lowest BCUT2D eigenvalue weighted by molar-refractivity contribution is 1.23. The standard InChI is InChI=1S/C9H9N5/c10-9(14-11)6-1-2-7-8(5-6)13-4-3-12-7/h1-5H,11H2,(H2,10,14). The van der Waals surface area contributed by atoms with Crippen molar-refractivity contribution in [2.24, 2.45) is 16.7 Å². The molecular weight excluding hydrogens is 178 g/mol. The van der Waals surface area contributed by atoms with Crippen molar-refractivity contribution in [1.82, 2.24) is 9.97 Å². The van der Waals surface area contributed by atoms with Crippen LogP contribution < -0.4 is 11.6 Å². The van der Waals surface area contributed by atoms with E-state index in [1.54, 1.807) is 18.5 Å². The zero-order valence-electron chi connectivity index (χ0n) is 7.38. The van der Waals surface area contributed by atoms with Crippen LogP contribution in [0.5, 0.6) is 0 Å². The number of fused-ring (bicyclic) bond motifs is 1. The van der Waals surface area contributed by atoms with Gasteiger partial charge in [0.2, 0.25) is 0 Å². The summed E-state index contributed by atoms with van der Waals surface area (Å²) in [6.07, 6.45) is 3.27. The first-order valence-electron chi connectivity index (χ1n) is 4.06. The maximum Gasteiger partial charge on any atom is 0.150 e. The molecule has 0 aliphatic rings. The Kier molecular flexibility index (Phi) is 1.98. The smallest absolute Gasteiger partial charge is 0.150 e. The molecule has 0 spiro atoms. The fraction of sp³-hybridized carbons (Fsp3) is 0. The lowest BCUT2D eigenvalue weighted by Gasteiger charge is -2.00. The number of aromatic nitrogens is 2. The summed E-state index contributed by atoms with van der Waals surface area (Å²) in [6, 6.07) is 5.44. The lowest BCUT2D eigenvalue weighted by Crippen LogP contribution is -2.15. The summed E-state index contributed by atoms with van der Waals surface area (Å²) in [5, 5.41) is 3.41. The number of nitrogens with two attached hydrogens (primary N) is 2. The molecule has 0 aliphatic carbocycles. The predicted octanol–water partition coefficient (Wildman–Crippen LogP) is 0.209. The summed E-state index contributed by atoms with van der Waals surface area (Å²) in [7, 11) is 0. The van der Waals surface area contributed by atoms with Gasteiger partial charge in [0.05, 0.1) is 11.0 Å². The third-order valence-corrected chi connectivity index (χ3v) is 1.90. The van der Waals surface area contributed by atoms with Gasteiger partial charge in [-0.2, -0.15) is 5.10 Å². The Bertz CT molecular complexity index is 491. The number of benzene rings is 1. The highest BCUT2D eigenvalue weighted by Crippen LogP contribution is 2.10. The third kappa shape index (κ3) is 1.35. The summed E-state index contributed by atoms with van der Waals surface area (Å²) < 4.78 is 0. The molecule has 4 N–H and O–H groups in total. The van der Waals surface area contributed by atoms with Crippen molar-refractivity contribution >= 4 is 16.9 Å². The van der Waals surface area contributed by atoms with Crippen LogP contribution in [0.3, 0.4) is 0 Å². The van der Waals surface area contributed by atoms with Gasteiger partial charge in [-0.05, 0) is 18.2 Å². The average Bonchev–Trinajstić information content (AvgIpc) is 2.27. The molecule has 1 aromatic carbocycles. The lowest BCUT2D eigenvalue weighted by atomic mass is 10.2. The second-order valence-corrected chi connectivity index (χ2v) is 2.77. The predicted molar refractivity (Wildman–Crippen MR) is 54.4 cm³/mol. The van der Waals surface area contributed by atoms with E-state index in [1.807, 2.05) is 12.1 Å². The first-order valence-corrected chi connectivity index (χ1v) is 4.06. The molecule has 0 atom stereocenters. The SMILES string of the molecule is N/N=C(\N)c1ccc2nccnc2c1. The monoisotopic (exact) mass is 187 g/mol. The molecule has 0 fully saturated rings. The van der Waals surface area contributed by atoms with Gasteiger partial charge in [-0.3, -0.25) is 9.97 Å². The molecule has 0 saturated heterocycles. The molecule has 2 aromatic rings. The normalized spacial score (nSPS) is 11.9. The Balaban J connectivity index is 2.62. The molecule has 0 saturated carbocycles. The number of rotatable bonds is 1. The van der Waals surface area contributed by atoms with Crippen LogP contribution in [0.1, 0.15) is 5.56 Å². The molecule has 0 unspecified atom stereocenters. The average molecular weight is 187 g/mol. The second kappa shape index (κ2) is 3.29. The molecular formula is C9H9N5. The van der Waals surface area contributed by atoms with E-state index in [0.29, 0.717) is 0 Å². The number of hydrazone groups is 1. The molecule has 1 heterocycles. The first-order chi connectivity index (χ1) is 6.81. The van der Waals surface area contributed by atoms with Crippen LogP contribution in [0, 0.1) is 0 Å². The van der Waals surface area contributed by atoms with Gasteiger partial charge in [0.25, 0.3) is 0 Å². The van der Waals surface area contributed by atoms with Gasteiger partial charge in [0.1, 0.15) is 5.84 Å². The summed E-state index contributed by atoms with van der Waals surface area (Å²) in [6.45, 7) is 0. The maximum absolute atomic E-state index is 5.56. The fourth-order valence-electron chi connectivity index (χ4n) is 1.20. The highest BCUT2D eigenvalue weighted by Gasteiger charge is 2.00. The zero-order valence-corrected chi connectivity index (χ0v) is 7.38. The molecule has 5 heteroatoms. The van der Waals surface area contributed by atoms with Crippen molar-refractivity contribution in [2.45, 2.75) is 0 Å². The van der Waals surface area contributed by atoms with E-state index in [0.717, 1.165) is 16.6 Å². The quantitative estimate of drug-likeness (QED) is 0.289. The molecule has 0 amide bonds. The fourth-order valence-corrected chi connectivity index (χ4v) is 1.20. The van der Waals surface area contributed by atoms with E-state index < -0.39 is 0 Å². The van der Waals surface area contributed by atoms with Crippen molar-refractivity contribution in [3.05, 3.63) is 36.2 Å². The van der Waals surface area contributed by atoms with Crippen molar-refractivity contribution in [3.63, 3.8) is 0 Å². The Morgan fingerprint density at radius 1 is 1.14 bits per heavy atom. The number of nitrogens with zero attached hydrogens (tertiary/aromatic N) is 3. The van der Waals surface area contributed by atoms with E-state index in [9.17, 15) is 0 Å². The van der Waals surface area contributed by atoms with E-state index in [1.165, 1.54) is 0 Å². The molecule has 1 aromatic heterocycles. The Morgan fingerprint density at radius 3 is 2.57 bits per heavy atom. The first kappa shape index (κ1) is 8.43. The molecule has 0 aliphatic heterocycles. The summed E-state index contributed by atoms with van der Waals surface area (Å²) in [4.78, 5) is 8.28. The van der Waals surface area contributed by atoms with Gasteiger partial charge >= 0.3 is 0 Å². The zero-order chi connectivity index (χ0) is 9.97. The molecule has 2 rings (SSSR count). The second-order valence-electron chi connectivity index (χ2n) is 2.77. The van der Waals surface area contributed by atoms with Crippen LogP contribution in [0.4, 0.5) is 0 Å². The van der Waals surface area contributed by atoms with Gasteiger partial charge < -0.3 is 11.6 Å². The highest BCUT2D eigenvalue weighted by molar-refractivity contribution is 5.99. The van der Waals surface area contributed by atoms with Crippen molar-refractivity contribution in [3.8, 4) is 0 Å². The molecule has 5 nitrogen and oxygen atoms in total. The van der Waals surface area contributed by atoms with Gasteiger partial charge in [-0.1, -0.05) is 0 Å².